The summed E-state index contributed by atoms with van der Waals surface area (Å²) < 4.78 is 5.14. The van der Waals surface area contributed by atoms with Crippen LogP contribution in [0.2, 0.25) is 0 Å². The van der Waals surface area contributed by atoms with E-state index < -0.39 is 29.8 Å². The summed E-state index contributed by atoms with van der Waals surface area (Å²) in [5.41, 5.74) is 1.27. The monoisotopic (exact) mass is 335 g/mol. The van der Waals surface area contributed by atoms with Crippen LogP contribution < -0.4 is 9.64 Å². The molecule has 0 spiro atoms. The first-order valence-corrected chi connectivity index (χ1v) is 7.71. The van der Waals surface area contributed by atoms with E-state index in [1.54, 1.807) is 25.1 Å². The van der Waals surface area contributed by atoms with Crippen LogP contribution in [0.1, 0.15) is 25.8 Å². The van der Waals surface area contributed by atoms with Gasteiger partial charge in [-0.3, -0.25) is 14.5 Å². The molecule has 1 aliphatic rings. The Morgan fingerprint density at radius 3 is 2.46 bits per heavy atom. The molecule has 0 saturated carbocycles. The van der Waals surface area contributed by atoms with Crippen molar-refractivity contribution < 1.29 is 29.3 Å². The number of methoxy groups -OCH3 is 1. The highest BCUT2D eigenvalue weighted by Crippen LogP contribution is 2.36. The largest absolute Gasteiger partial charge is 0.497 e. The van der Waals surface area contributed by atoms with Crippen LogP contribution in [0.3, 0.4) is 0 Å². The highest BCUT2D eigenvalue weighted by molar-refractivity contribution is 6.03. The Bertz CT molecular complexity index is 671. The molecule has 0 bridgehead atoms. The number of nitrogens with zero attached hydrogens (tertiary/aromatic N) is 1. The van der Waals surface area contributed by atoms with E-state index in [-0.39, 0.29) is 18.7 Å². The van der Waals surface area contributed by atoms with Gasteiger partial charge >= 0.3 is 11.9 Å². The van der Waals surface area contributed by atoms with E-state index in [9.17, 15) is 19.5 Å². The molecule has 130 valence electrons. The lowest BCUT2D eigenvalue weighted by Gasteiger charge is -2.26. The summed E-state index contributed by atoms with van der Waals surface area (Å²) >= 11 is 0. The van der Waals surface area contributed by atoms with Crippen LogP contribution in [-0.2, 0) is 20.8 Å². The highest BCUT2D eigenvalue weighted by atomic mass is 16.5. The van der Waals surface area contributed by atoms with Gasteiger partial charge in [0.25, 0.3) is 0 Å². The maximum atomic E-state index is 12.8. The van der Waals surface area contributed by atoms with E-state index in [0.717, 1.165) is 5.56 Å². The van der Waals surface area contributed by atoms with E-state index >= 15 is 0 Å². The molecule has 1 aliphatic heterocycles. The van der Waals surface area contributed by atoms with Gasteiger partial charge in [-0.25, -0.2) is 4.79 Å². The zero-order valence-corrected chi connectivity index (χ0v) is 13.9. The Kier molecular flexibility index (Phi) is 5.11. The second-order valence-corrected chi connectivity index (χ2v) is 6.14. The van der Waals surface area contributed by atoms with Gasteiger partial charge in [0.15, 0.2) is 0 Å². The van der Waals surface area contributed by atoms with Gasteiger partial charge in [0.1, 0.15) is 11.8 Å². The van der Waals surface area contributed by atoms with Crippen LogP contribution in [0.15, 0.2) is 18.2 Å². The third-order valence-electron chi connectivity index (χ3n) is 4.34. The molecule has 1 amide bonds. The minimum atomic E-state index is -1.09. The number of carboxylic acids is 2. The van der Waals surface area contributed by atoms with Crippen molar-refractivity contribution >= 4 is 23.5 Å². The second-order valence-electron chi connectivity index (χ2n) is 6.14. The first-order valence-electron chi connectivity index (χ1n) is 7.71. The maximum absolute atomic E-state index is 12.8. The highest BCUT2D eigenvalue weighted by Gasteiger charge is 2.40. The number of carboxylic acid groups (broad SMARTS) is 2. The molecule has 7 nitrogen and oxygen atoms in total. The van der Waals surface area contributed by atoms with Gasteiger partial charge in [-0.15, -0.1) is 0 Å². The van der Waals surface area contributed by atoms with Crippen molar-refractivity contribution in [1.82, 2.24) is 0 Å². The topological polar surface area (TPSA) is 104 Å². The Balaban J connectivity index is 2.30. The summed E-state index contributed by atoms with van der Waals surface area (Å²) in [6.07, 6.45) is 0.358. The summed E-state index contributed by atoms with van der Waals surface area (Å²) in [6.45, 7) is 3.16. The van der Waals surface area contributed by atoms with Gasteiger partial charge in [0, 0.05) is 18.0 Å². The molecule has 7 heteroatoms. The summed E-state index contributed by atoms with van der Waals surface area (Å²) in [5.74, 6) is -3.11. The summed E-state index contributed by atoms with van der Waals surface area (Å²) in [5, 5.41) is 18.5. The Morgan fingerprint density at radius 2 is 1.92 bits per heavy atom. The van der Waals surface area contributed by atoms with Crippen LogP contribution in [0, 0.1) is 11.8 Å². The predicted molar refractivity (Wildman–Crippen MR) is 86.2 cm³/mol. The van der Waals surface area contributed by atoms with Crippen molar-refractivity contribution in [3.05, 3.63) is 23.8 Å². The van der Waals surface area contributed by atoms with Gasteiger partial charge in [-0.1, -0.05) is 13.8 Å². The number of benzene rings is 1. The van der Waals surface area contributed by atoms with Crippen molar-refractivity contribution in [2.24, 2.45) is 11.8 Å². The molecule has 3 atom stereocenters. The minimum absolute atomic E-state index is 0.155. The fraction of sp³-hybridized carbons (Fsp3) is 0.471. The van der Waals surface area contributed by atoms with Crippen LogP contribution in [0.25, 0.3) is 0 Å². The second kappa shape index (κ2) is 6.90. The number of carbonyl (C=O) groups excluding carboxylic acids is 1. The van der Waals surface area contributed by atoms with Gasteiger partial charge in [-0.2, -0.15) is 0 Å². The van der Waals surface area contributed by atoms with Crippen molar-refractivity contribution in [3.63, 3.8) is 0 Å². The predicted octanol–water partition coefficient (Wildman–Crippen LogP) is 1.78. The molecule has 0 fully saturated rings. The number of carbonyl (C=O) groups is 3. The number of ether oxygens (including phenoxy) is 1. The van der Waals surface area contributed by atoms with E-state index in [1.807, 2.05) is 0 Å². The van der Waals surface area contributed by atoms with E-state index in [4.69, 9.17) is 9.84 Å². The number of rotatable bonds is 6. The molecular formula is C17H21NO6. The number of anilines is 1. The molecule has 0 radical (unpaired) electrons. The summed E-state index contributed by atoms with van der Waals surface area (Å²) in [7, 11) is 1.52. The molecule has 0 aliphatic carbocycles. The number of fused-ring (bicyclic) bond motifs is 1. The summed E-state index contributed by atoms with van der Waals surface area (Å²) in [6, 6.07) is 4.08. The molecule has 0 saturated heterocycles. The molecular weight excluding hydrogens is 314 g/mol. The zero-order chi connectivity index (χ0) is 18.0. The number of amides is 1. The standard InChI is InChI=1S/C17H21NO6/c1-9(6-10(2)16(20)21)15(19)18-13-5-4-12(24-3)7-11(13)8-14(18)17(22)23/h4-5,7,9-10,14H,6,8H2,1-3H3,(H,20,21)(H,22,23)/t9-,10-,14?/m1/s1. The van der Waals surface area contributed by atoms with Crippen LogP contribution in [-0.4, -0.2) is 41.2 Å². The minimum Gasteiger partial charge on any atom is -0.497 e. The maximum Gasteiger partial charge on any atom is 0.327 e. The SMILES string of the molecule is COc1ccc2c(c1)CC(C(=O)O)N2C(=O)[C@H](C)C[C@@H](C)C(=O)O. The first kappa shape index (κ1) is 17.8. The molecule has 0 aromatic heterocycles. The summed E-state index contributed by atoms with van der Waals surface area (Å²) in [4.78, 5) is 36.6. The van der Waals surface area contributed by atoms with Crippen LogP contribution in [0.5, 0.6) is 5.75 Å². The van der Waals surface area contributed by atoms with Gasteiger partial charge in [0.05, 0.1) is 13.0 Å². The molecule has 24 heavy (non-hydrogen) atoms. The molecule has 1 aromatic carbocycles. The number of hydrogen-bond acceptors (Lipinski definition) is 4. The van der Waals surface area contributed by atoms with Crippen molar-refractivity contribution in [1.29, 1.82) is 0 Å². The fourth-order valence-electron chi connectivity index (χ4n) is 2.99. The number of aliphatic carboxylic acids is 2. The molecule has 1 unspecified atom stereocenters. The lowest BCUT2D eigenvalue weighted by molar-refractivity contribution is -0.143. The van der Waals surface area contributed by atoms with E-state index in [2.05, 4.69) is 0 Å². The van der Waals surface area contributed by atoms with E-state index in [0.29, 0.717) is 11.4 Å². The normalized spacial score (nSPS) is 18.6. The molecule has 1 aromatic rings. The van der Waals surface area contributed by atoms with Crippen molar-refractivity contribution in [2.75, 3.05) is 12.0 Å². The number of hydrogen-bond donors (Lipinski definition) is 2. The average molecular weight is 335 g/mol. The lowest BCUT2D eigenvalue weighted by Crippen LogP contribution is -2.45. The zero-order valence-electron chi connectivity index (χ0n) is 13.9. The van der Waals surface area contributed by atoms with Gasteiger partial charge < -0.3 is 14.9 Å². The first-order chi connectivity index (χ1) is 11.3. The average Bonchev–Trinajstić information content (AvgIpc) is 2.92. The quantitative estimate of drug-likeness (QED) is 0.821. The van der Waals surface area contributed by atoms with Gasteiger partial charge in [-0.05, 0) is 30.2 Å². The van der Waals surface area contributed by atoms with Gasteiger partial charge in [0.2, 0.25) is 5.91 Å². The smallest absolute Gasteiger partial charge is 0.327 e. The van der Waals surface area contributed by atoms with Crippen LogP contribution >= 0.6 is 0 Å². The lowest BCUT2D eigenvalue weighted by atomic mass is 9.96. The Morgan fingerprint density at radius 1 is 1.25 bits per heavy atom. The Hall–Kier alpha value is -2.57. The molecule has 2 N–H and O–H groups in total. The molecule has 1 heterocycles. The third-order valence-corrected chi connectivity index (χ3v) is 4.34. The Labute approximate surface area is 139 Å². The van der Waals surface area contributed by atoms with Crippen molar-refractivity contribution in [2.45, 2.75) is 32.7 Å². The van der Waals surface area contributed by atoms with Crippen molar-refractivity contribution in [3.8, 4) is 5.75 Å². The van der Waals surface area contributed by atoms with Crippen LogP contribution in [0.4, 0.5) is 5.69 Å². The van der Waals surface area contributed by atoms with E-state index in [1.165, 1.54) is 18.9 Å². The fourth-order valence-corrected chi connectivity index (χ4v) is 2.99. The molecule has 2 rings (SSSR count). The third kappa shape index (κ3) is 3.34.